The van der Waals surface area contributed by atoms with E-state index >= 15 is 0 Å². The molecule has 1 aromatic heterocycles. The lowest BCUT2D eigenvalue weighted by atomic mass is 9.87. The molecule has 0 radical (unpaired) electrons. The van der Waals surface area contributed by atoms with Crippen LogP contribution in [-0.2, 0) is 14.3 Å². The van der Waals surface area contributed by atoms with Crippen molar-refractivity contribution in [3.05, 3.63) is 34.2 Å². The Kier molecular flexibility index (Phi) is 5.86. The first-order chi connectivity index (χ1) is 12.6. The number of hydrogen-bond donors (Lipinski definition) is 1. The summed E-state index contributed by atoms with van der Waals surface area (Å²) in [5.74, 6) is -0.268. The molecule has 0 unspecified atom stereocenters. The molecule has 0 atom stereocenters. The number of carbonyl (C=O) groups is 2. The second-order valence-corrected chi connectivity index (χ2v) is 7.45. The topological polar surface area (TPSA) is 92.1 Å². The molecule has 1 aromatic carbocycles. The Balaban J connectivity index is 1.70. The molecule has 1 fully saturated rings. The Morgan fingerprint density at radius 3 is 2.81 bits per heavy atom. The first-order valence-electron chi connectivity index (χ1n) is 8.17. The number of nitrogens with zero attached hydrogens (tertiary/aromatic N) is 2. The van der Waals surface area contributed by atoms with Gasteiger partial charge in [0.1, 0.15) is 22.7 Å². The van der Waals surface area contributed by atoms with Crippen LogP contribution >= 0.6 is 22.9 Å². The molecule has 1 saturated carbocycles. The number of rotatable bonds is 5. The molecule has 1 amide bonds. The summed E-state index contributed by atoms with van der Waals surface area (Å²) < 4.78 is 4.95. The summed E-state index contributed by atoms with van der Waals surface area (Å²) >= 11 is 7.15. The van der Waals surface area contributed by atoms with E-state index in [1.54, 1.807) is 18.2 Å². The van der Waals surface area contributed by atoms with Crippen molar-refractivity contribution in [1.82, 2.24) is 4.98 Å². The first-order valence-corrected chi connectivity index (χ1v) is 9.37. The number of hydrogen-bond acceptors (Lipinski definition) is 6. The van der Waals surface area contributed by atoms with E-state index in [2.05, 4.69) is 16.4 Å². The summed E-state index contributed by atoms with van der Waals surface area (Å²) in [6.07, 6.45) is 2.55. The normalized spacial score (nSPS) is 19.4. The van der Waals surface area contributed by atoms with Crippen LogP contribution in [0.25, 0.3) is 11.3 Å². The average Bonchev–Trinajstić information content (AvgIpc) is 3.05. The van der Waals surface area contributed by atoms with Gasteiger partial charge in [-0.25, -0.2) is 4.98 Å². The summed E-state index contributed by atoms with van der Waals surface area (Å²) in [5, 5.41) is 13.1. The zero-order valence-electron chi connectivity index (χ0n) is 13.8. The van der Waals surface area contributed by atoms with E-state index in [4.69, 9.17) is 16.3 Å². The minimum absolute atomic E-state index is 0.101. The van der Waals surface area contributed by atoms with Gasteiger partial charge in [0.15, 0.2) is 5.13 Å². The Labute approximate surface area is 159 Å². The quantitative estimate of drug-likeness (QED) is 0.780. The van der Waals surface area contributed by atoms with Gasteiger partial charge in [-0.2, -0.15) is 5.26 Å². The highest BCUT2D eigenvalue weighted by Crippen LogP contribution is 2.33. The maximum Gasteiger partial charge on any atom is 0.293 e. The van der Waals surface area contributed by atoms with Crippen molar-refractivity contribution in [3.8, 4) is 17.3 Å². The Hall–Kier alpha value is -2.43. The van der Waals surface area contributed by atoms with Crippen LogP contribution in [0.3, 0.4) is 0 Å². The number of nitriles is 1. The maximum absolute atomic E-state index is 12.5. The van der Waals surface area contributed by atoms with Crippen molar-refractivity contribution in [1.29, 1.82) is 5.26 Å². The first kappa shape index (κ1) is 18.4. The number of benzene rings is 1. The second-order valence-electron chi connectivity index (χ2n) is 6.01. The van der Waals surface area contributed by atoms with Crippen LogP contribution in [0.5, 0.6) is 0 Å². The second kappa shape index (κ2) is 8.30. The minimum atomic E-state index is -0.148. The van der Waals surface area contributed by atoms with Gasteiger partial charge in [0.25, 0.3) is 6.47 Å². The summed E-state index contributed by atoms with van der Waals surface area (Å²) in [6.45, 7) is 0.460. The van der Waals surface area contributed by atoms with Gasteiger partial charge in [0.05, 0.1) is 0 Å². The number of halogens is 1. The highest BCUT2D eigenvalue weighted by molar-refractivity contribution is 7.16. The van der Waals surface area contributed by atoms with Gasteiger partial charge >= 0.3 is 0 Å². The van der Waals surface area contributed by atoms with Gasteiger partial charge in [-0.1, -0.05) is 35.1 Å². The van der Waals surface area contributed by atoms with E-state index < -0.39 is 0 Å². The maximum atomic E-state index is 12.5. The fraction of sp³-hybridized carbons (Fsp3) is 0.333. The van der Waals surface area contributed by atoms with Crippen molar-refractivity contribution in [2.75, 3.05) is 5.32 Å². The number of aromatic nitrogens is 1. The molecule has 8 heteroatoms. The van der Waals surface area contributed by atoms with Gasteiger partial charge in [-0.05, 0) is 37.8 Å². The molecule has 134 valence electrons. The van der Waals surface area contributed by atoms with Crippen LogP contribution in [0.2, 0.25) is 5.02 Å². The lowest BCUT2D eigenvalue weighted by molar-refractivity contribution is -0.135. The molecule has 6 nitrogen and oxygen atoms in total. The third-order valence-corrected chi connectivity index (χ3v) is 5.46. The largest absolute Gasteiger partial charge is 0.465 e. The third-order valence-electron chi connectivity index (χ3n) is 4.35. The van der Waals surface area contributed by atoms with Crippen molar-refractivity contribution in [2.45, 2.75) is 31.8 Å². The van der Waals surface area contributed by atoms with Crippen LogP contribution in [-0.4, -0.2) is 23.5 Å². The number of carbonyl (C=O) groups excluding carboxylic acids is 2. The van der Waals surface area contributed by atoms with Gasteiger partial charge in [-0.15, -0.1) is 0 Å². The van der Waals surface area contributed by atoms with E-state index in [0.717, 1.165) is 16.9 Å². The monoisotopic (exact) mass is 389 g/mol. The number of nitrogens with one attached hydrogen (secondary N) is 1. The van der Waals surface area contributed by atoms with Crippen LogP contribution in [0.1, 0.15) is 30.6 Å². The van der Waals surface area contributed by atoms with Gasteiger partial charge in [0, 0.05) is 16.5 Å². The lowest BCUT2D eigenvalue weighted by Gasteiger charge is -2.26. The minimum Gasteiger partial charge on any atom is -0.465 e. The zero-order chi connectivity index (χ0) is 18.5. The number of amides is 1. The van der Waals surface area contributed by atoms with Crippen LogP contribution in [0, 0.1) is 17.2 Å². The molecule has 0 saturated heterocycles. The molecular formula is C18H16ClN3O3S. The molecule has 0 spiro atoms. The van der Waals surface area contributed by atoms with Crippen molar-refractivity contribution < 1.29 is 14.3 Å². The molecule has 0 bridgehead atoms. The molecule has 3 rings (SSSR count). The highest BCUT2D eigenvalue weighted by atomic mass is 35.5. The predicted octanol–water partition coefficient (Wildman–Crippen LogP) is 4.01. The zero-order valence-corrected chi connectivity index (χ0v) is 15.3. The highest BCUT2D eigenvalue weighted by Gasteiger charge is 2.28. The van der Waals surface area contributed by atoms with E-state index in [1.807, 2.05) is 6.07 Å². The molecule has 1 N–H and O–H groups in total. The summed E-state index contributed by atoms with van der Waals surface area (Å²) in [4.78, 5) is 27.7. The molecule has 2 aromatic rings. The van der Waals surface area contributed by atoms with Crippen molar-refractivity contribution in [2.24, 2.45) is 5.92 Å². The lowest BCUT2D eigenvalue weighted by Crippen LogP contribution is -2.29. The molecule has 1 aliphatic carbocycles. The van der Waals surface area contributed by atoms with E-state index in [-0.39, 0.29) is 17.9 Å². The summed E-state index contributed by atoms with van der Waals surface area (Å²) in [7, 11) is 0. The standard InChI is InChI=1S/C18H16ClN3O3S/c19-13-3-1-2-12(8-13)16-15(9-20)26-18(21-16)22-17(24)11-4-6-14(7-5-11)25-10-23/h1-3,8,10-11,14H,4-7H2,(H,21,22,24). The molecule has 26 heavy (non-hydrogen) atoms. The smallest absolute Gasteiger partial charge is 0.293 e. The SMILES string of the molecule is N#Cc1sc(NC(=O)C2CCC(OC=O)CC2)nc1-c1cccc(Cl)c1. The van der Waals surface area contributed by atoms with Crippen LogP contribution in [0.15, 0.2) is 24.3 Å². The van der Waals surface area contributed by atoms with E-state index in [9.17, 15) is 14.9 Å². The van der Waals surface area contributed by atoms with E-state index in [0.29, 0.717) is 52.9 Å². The number of ether oxygens (including phenoxy) is 1. The summed E-state index contributed by atoms with van der Waals surface area (Å²) in [6, 6.07) is 9.21. The Morgan fingerprint density at radius 2 is 2.15 bits per heavy atom. The van der Waals surface area contributed by atoms with Gasteiger partial charge in [-0.3, -0.25) is 9.59 Å². The van der Waals surface area contributed by atoms with Crippen molar-refractivity contribution in [3.63, 3.8) is 0 Å². The van der Waals surface area contributed by atoms with Crippen molar-refractivity contribution >= 4 is 40.4 Å². The van der Waals surface area contributed by atoms with Crippen LogP contribution in [0.4, 0.5) is 5.13 Å². The van der Waals surface area contributed by atoms with Gasteiger partial charge in [0.2, 0.25) is 5.91 Å². The Morgan fingerprint density at radius 1 is 1.38 bits per heavy atom. The average molecular weight is 390 g/mol. The third kappa shape index (κ3) is 4.21. The van der Waals surface area contributed by atoms with Gasteiger partial charge < -0.3 is 10.1 Å². The Bertz CT molecular complexity index is 854. The van der Waals surface area contributed by atoms with Crippen LogP contribution < -0.4 is 5.32 Å². The molecule has 1 aliphatic rings. The number of thiazole rings is 1. The molecular weight excluding hydrogens is 374 g/mol. The predicted molar refractivity (Wildman–Crippen MR) is 98.8 cm³/mol. The van der Waals surface area contributed by atoms with E-state index in [1.165, 1.54) is 0 Å². The molecule has 1 heterocycles. The number of anilines is 1. The summed E-state index contributed by atoms with van der Waals surface area (Å²) in [5.41, 5.74) is 1.25. The fourth-order valence-corrected chi connectivity index (χ4v) is 4.01. The fourth-order valence-electron chi connectivity index (χ4n) is 3.03. The molecule has 0 aliphatic heterocycles.